The number of aliphatic hydroxyl groups excluding tert-OH is 1. The average molecular weight is 1080 g/mol. The molecule has 442 valence electrons. The molecule has 0 heterocycles. The van der Waals surface area contributed by atoms with Gasteiger partial charge in [-0.25, -0.2) is 4.57 Å². The van der Waals surface area contributed by atoms with Gasteiger partial charge >= 0.3 is 7.82 Å². The highest BCUT2D eigenvalue weighted by Gasteiger charge is 2.28. The molecule has 76 heavy (non-hydrogen) atoms. The van der Waals surface area contributed by atoms with Gasteiger partial charge in [-0.1, -0.05) is 298 Å². The molecule has 3 atom stereocenters. The standard InChI is InChI=1S/C67H123N2O6P/c1-6-8-10-12-14-16-18-20-22-24-26-28-30-31-32-33-34-35-36-37-39-40-42-44-46-48-50-52-54-56-58-60-66(70)65(64-75-76(72,73)74-63-62-69(3,4)5)68-67(71)61-59-57-55-53-51-49-47-45-43-41-38-29-27-25-23-21-19-17-15-13-11-9-7-2/h9,11,15,17,21,23,27,29,41,43,47,49,53,55,65-66,70H,6-8,10,12-14,16,18-20,22,24-26,28,30-40,42,44-46,48,50-52,54,56-64H2,1-5H3,(H-,68,71,72,73)/p+1/b11-9-,17-15-,23-21-,29-27-,43-41-,49-47-,55-53-. The summed E-state index contributed by atoms with van der Waals surface area (Å²) in [6.07, 6.45) is 81.1. The first kappa shape index (κ1) is 73.7. The van der Waals surface area contributed by atoms with E-state index in [2.05, 4.69) is 104 Å². The van der Waals surface area contributed by atoms with Gasteiger partial charge in [0.05, 0.1) is 39.9 Å². The predicted octanol–water partition coefficient (Wildman–Crippen LogP) is 20.0. The van der Waals surface area contributed by atoms with Crippen LogP contribution in [0.5, 0.6) is 0 Å². The summed E-state index contributed by atoms with van der Waals surface area (Å²) >= 11 is 0. The number of rotatable bonds is 58. The first-order chi connectivity index (χ1) is 37.0. The van der Waals surface area contributed by atoms with Crippen LogP contribution in [0.2, 0.25) is 0 Å². The fraction of sp³-hybridized carbons (Fsp3) is 0.776. The molecule has 0 saturated heterocycles. The lowest BCUT2D eigenvalue weighted by atomic mass is 10.0. The number of aliphatic hydroxyl groups is 1. The highest BCUT2D eigenvalue weighted by atomic mass is 31.2. The lowest BCUT2D eigenvalue weighted by Crippen LogP contribution is -2.46. The van der Waals surface area contributed by atoms with Crippen LogP contribution in [0, 0.1) is 0 Å². The van der Waals surface area contributed by atoms with Gasteiger partial charge in [-0.15, -0.1) is 0 Å². The van der Waals surface area contributed by atoms with Crippen molar-refractivity contribution in [2.45, 2.75) is 296 Å². The predicted molar refractivity (Wildman–Crippen MR) is 332 cm³/mol. The Labute approximate surface area is 471 Å². The molecule has 0 bridgehead atoms. The molecule has 0 aliphatic rings. The lowest BCUT2D eigenvalue weighted by molar-refractivity contribution is -0.870. The Morgan fingerprint density at radius 3 is 1.11 bits per heavy atom. The minimum Gasteiger partial charge on any atom is -0.391 e. The SMILES string of the molecule is CC/C=C\C/C=C\C/C=C\C/C=C\C/C=C\C/C=C\C/C=C\CCCC(=O)NC(COP(=O)(O)OCC[N+](C)(C)C)C(O)CCCCCCCCCCCCCCCCCCCCCCCCCCCCCCCCC. The number of amides is 1. The third-order valence-electron chi connectivity index (χ3n) is 14.2. The zero-order valence-corrected chi connectivity index (χ0v) is 51.4. The third-order valence-corrected chi connectivity index (χ3v) is 15.1. The van der Waals surface area contributed by atoms with E-state index in [0.717, 1.165) is 70.6 Å². The van der Waals surface area contributed by atoms with Crippen LogP contribution < -0.4 is 5.32 Å². The summed E-state index contributed by atoms with van der Waals surface area (Å²) in [7, 11) is 1.57. The van der Waals surface area contributed by atoms with Gasteiger partial charge in [-0.2, -0.15) is 0 Å². The number of nitrogens with one attached hydrogen (secondary N) is 1. The first-order valence-corrected chi connectivity index (χ1v) is 33.4. The molecule has 0 saturated carbocycles. The monoisotopic (exact) mass is 1080 g/mol. The van der Waals surface area contributed by atoms with Gasteiger partial charge in [-0.3, -0.25) is 13.8 Å². The van der Waals surface area contributed by atoms with Crippen molar-refractivity contribution in [1.29, 1.82) is 0 Å². The normalized spacial score (nSPS) is 14.4. The van der Waals surface area contributed by atoms with E-state index in [1.807, 2.05) is 21.1 Å². The van der Waals surface area contributed by atoms with Gasteiger partial charge in [0.25, 0.3) is 0 Å². The van der Waals surface area contributed by atoms with Crippen molar-refractivity contribution in [3.8, 4) is 0 Å². The Balaban J connectivity index is 4.16. The Morgan fingerprint density at radius 1 is 0.461 bits per heavy atom. The van der Waals surface area contributed by atoms with E-state index >= 15 is 0 Å². The fourth-order valence-electron chi connectivity index (χ4n) is 9.22. The highest BCUT2D eigenvalue weighted by molar-refractivity contribution is 7.47. The highest BCUT2D eigenvalue weighted by Crippen LogP contribution is 2.43. The van der Waals surface area contributed by atoms with Gasteiger partial charge in [0, 0.05) is 6.42 Å². The number of phosphoric ester groups is 1. The molecule has 0 aromatic rings. The second-order valence-electron chi connectivity index (χ2n) is 22.8. The molecule has 0 aromatic carbocycles. The largest absolute Gasteiger partial charge is 0.472 e. The van der Waals surface area contributed by atoms with Crippen LogP contribution in [0.15, 0.2) is 85.1 Å². The van der Waals surface area contributed by atoms with Gasteiger partial charge in [0.15, 0.2) is 0 Å². The number of nitrogens with zero attached hydrogens (tertiary/aromatic N) is 1. The quantitative estimate of drug-likeness (QED) is 0.0243. The molecule has 0 spiro atoms. The Hall–Kier alpha value is -2.32. The third kappa shape index (κ3) is 59.3. The smallest absolute Gasteiger partial charge is 0.391 e. The summed E-state index contributed by atoms with van der Waals surface area (Å²) in [4.78, 5) is 23.4. The molecule has 3 N–H and O–H groups in total. The van der Waals surface area contributed by atoms with Crippen molar-refractivity contribution >= 4 is 13.7 Å². The van der Waals surface area contributed by atoms with E-state index < -0.39 is 20.0 Å². The van der Waals surface area contributed by atoms with E-state index in [4.69, 9.17) is 9.05 Å². The Bertz CT molecular complexity index is 1510. The number of carbonyl (C=O) groups is 1. The maximum atomic E-state index is 13.0. The van der Waals surface area contributed by atoms with Gasteiger partial charge in [-0.05, 0) is 64.2 Å². The lowest BCUT2D eigenvalue weighted by Gasteiger charge is -2.26. The molecular weight excluding hydrogens is 960 g/mol. The molecule has 1 amide bonds. The van der Waals surface area contributed by atoms with Crippen LogP contribution in [-0.2, 0) is 18.4 Å². The topological polar surface area (TPSA) is 105 Å². The molecule has 8 nitrogen and oxygen atoms in total. The molecule has 0 aromatic heterocycles. The van der Waals surface area contributed by atoms with Crippen LogP contribution in [0.3, 0.4) is 0 Å². The maximum Gasteiger partial charge on any atom is 0.472 e. The van der Waals surface area contributed by atoms with Crippen molar-refractivity contribution in [2.24, 2.45) is 0 Å². The van der Waals surface area contributed by atoms with E-state index in [1.165, 1.54) is 180 Å². The van der Waals surface area contributed by atoms with Crippen molar-refractivity contribution in [3.05, 3.63) is 85.1 Å². The van der Waals surface area contributed by atoms with E-state index in [0.29, 0.717) is 30.3 Å². The van der Waals surface area contributed by atoms with Crippen LogP contribution in [0.4, 0.5) is 0 Å². The molecule has 9 heteroatoms. The average Bonchev–Trinajstić information content (AvgIpc) is 3.38. The van der Waals surface area contributed by atoms with Gasteiger partial charge in [0.1, 0.15) is 13.2 Å². The second kappa shape index (κ2) is 57.4. The molecular formula is C67H124N2O6P+. The van der Waals surface area contributed by atoms with E-state index in [9.17, 15) is 19.4 Å². The van der Waals surface area contributed by atoms with Crippen LogP contribution >= 0.6 is 7.82 Å². The second-order valence-corrected chi connectivity index (χ2v) is 24.2. The molecule has 0 fully saturated rings. The Morgan fingerprint density at radius 2 is 0.776 bits per heavy atom. The minimum atomic E-state index is -4.35. The van der Waals surface area contributed by atoms with Crippen molar-refractivity contribution < 1.29 is 32.9 Å². The van der Waals surface area contributed by atoms with Gasteiger partial charge in [0.2, 0.25) is 5.91 Å². The molecule has 0 aliphatic carbocycles. The summed E-state index contributed by atoms with van der Waals surface area (Å²) in [5, 5.41) is 14.1. The summed E-state index contributed by atoms with van der Waals surface area (Å²) in [5.41, 5.74) is 0. The Kier molecular flexibility index (Phi) is 55.6. The number of likely N-dealkylation sites (N-methyl/N-ethyl adjacent to an activating group) is 1. The van der Waals surface area contributed by atoms with Crippen LogP contribution in [0.25, 0.3) is 0 Å². The van der Waals surface area contributed by atoms with Gasteiger partial charge < -0.3 is 19.8 Å². The zero-order valence-electron chi connectivity index (χ0n) is 50.5. The van der Waals surface area contributed by atoms with Crippen molar-refractivity contribution in [3.63, 3.8) is 0 Å². The first-order valence-electron chi connectivity index (χ1n) is 32.0. The van der Waals surface area contributed by atoms with Crippen molar-refractivity contribution in [1.82, 2.24) is 5.32 Å². The summed E-state index contributed by atoms with van der Waals surface area (Å²) in [5.74, 6) is -0.201. The summed E-state index contributed by atoms with van der Waals surface area (Å²) < 4.78 is 23.8. The fourth-order valence-corrected chi connectivity index (χ4v) is 9.95. The number of unbranched alkanes of at least 4 members (excludes halogenated alkanes) is 31. The number of hydrogen-bond acceptors (Lipinski definition) is 5. The zero-order chi connectivity index (χ0) is 55.6. The number of phosphoric acid groups is 1. The van der Waals surface area contributed by atoms with Crippen LogP contribution in [0.1, 0.15) is 284 Å². The van der Waals surface area contributed by atoms with Crippen molar-refractivity contribution in [2.75, 3.05) is 40.9 Å². The summed E-state index contributed by atoms with van der Waals surface area (Å²) in [6, 6.07) is -0.799. The van der Waals surface area contributed by atoms with Crippen LogP contribution in [-0.4, -0.2) is 73.4 Å². The number of hydrogen-bond donors (Lipinski definition) is 3. The summed E-state index contributed by atoms with van der Waals surface area (Å²) in [6.45, 7) is 4.75. The molecule has 0 aliphatic heterocycles. The molecule has 3 unspecified atom stereocenters. The molecule has 0 rings (SSSR count). The molecule has 0 radical (unpaired) electrons. The van der Waals surface area contributed by atoms with E-state index in [-0.39, 0.29) is 19.1 Å². The number of carbonyl (C=O) groups excluding carboxylic acids is 1. The minimum absolute atomic E-state index is 0.0597. The number of allylic oxidation sites excluding steroid dienone is 14. The van der Waals surface area contributed by atoms with E-state index in [1.54, 1.807) is 0 Å². The number of quaternary nitrogens is 1. The maximum absolute atomic E-state index is 13.0.